The lowest BCUT2D eigenvalue weighted by molar-refractivity contribution is -0.143. The predicted molar refractivity (Wildman–Crippen MR) is 163 cm³/mol. The van der Waals surface area contributed by atoms with Gasteiger partial charge in [0.15, 0.2) is 0 Å². The number of ketones is 1. The van der Waals surface area contributed by atoms with Gasteiger partial charge in [-0.1, -0.05) is 45.7 Å². The molecule has 0 aromatic heterocycles. The molecule has 45 heavy (non-hydrogen) atoms. The molecule has 13 nitrogen and oxygen atoms in total. The normalized spacial score (nSPS) is 19.8. The number of carbonyl (C=O) groups is 6. The van der Waals surface area contributed by atoms with Crippen LogP contribution in [0.2, 0.25) is 0 Å². The number of nitrogens with two attached hydrogens (primary N) is 1. The summed E-state index contributed by atoms with van der Waals surface area (Å²) in [5.41, 5.74) is 4.93. The summed E-state index contributed by atoms with van der Waals surface area (Å²) < 4.78 is 14.1. The van der Waals surface area contributed by atoms with Crippen LogP contribution in [0.1, 0.15) is 52.9 Å². The molecule has 1 aromatic carbocycles. The highest BCUT2D eigenvalue weighted by Crippen LogP contribution is 2.34. The molecule has 3 fully saturated rings. The number of primary amides is 1. The zero-order valence-electron chi connectivity index (χ0n) is 26.1. The summed E-state index contributed by atoms with van der Waals surface area (Å²) in [6, 6.07) is 2.81. The topological polar surface area (TPSA) is 174 Å². The number of hydrogen-bond donors (Lipinski definition) is 4. The summed E-state index contributed by atoms with van der Waals surface area (Å²) in [5, 5.41) is 7.87. The molecule has 6 amide bonds. The van der Waals surface area contributed by atoms with E-state index < -0.39 is 53.1 Å². The van der Waals surface area contributed by atoms with Crippen molar-refractivity contribution in [2.75, 3.05) is 44.2 Å². The number of para-hydroxylation sites is 1. The highest BCUT2D eigenvalue weighted by molar-refractivity contribution is 6.37. The summed E-state index contributed by atoms with van der Waals surface area (Å²) in [6.45, 7) is 6.94. The minimum Gasteiger partial charge on any atom is -0.366 e. The molecule has 14 heteroatoms. The van der Waals surface area contributed by atoms with Gasteiger partial charge in [-0.05, 0) is 42.7 Å². The molecule has 1 aromatic rings. The third kappa shape index (κ3) is 8.70. The van der Waals surface area contributed by atoms with E-state index in [-0.39, 0.29) is 30.7 Å². The van der Waals surface area contributed by atoms with Crippen molar-refractivity contribution in [3.63, 3.8) is 0 Å². The fourth-order valence-electron chi connectivity index (χ4n) is 5.83. The Morgan fingerprint density at radius 1 is 0.956 bits per heavy atom. The predicted octanol–water partition coefficient (Wildman–Crippen LogP) is 0.519. The van der Waals surface area contributed by atoms with Gasteiger partial charge in [-0.25, -0.2) is 9.18 Å². The quantitative estimate of drug-likeness (QED) is 0.258. The Bertz CT molecular complexity index is 1310. The molecule has 1 aliphatic carbocycles. The van der Waals surface area contributed by atoms with Crippen LogP contribution in [-0.4, -0.2) is 103 Å². The molecule has 5 N–H and O–H groups in total. The second-order valence-electron chi connectivity index (χ2n) is 13.1. The number of amides is 6. The molecule has 2 saturated heterocycles. The fraction of sp³-hybridized carbons (Fsp3) is 0.613. The average Bonchev–Trinajstić information content (AvgIpc) is 3.68. The number of benzene rings is 1. The standard InChI is InChI=1S/C31H44FN7O6/c1-31(2,3)26(29(44)39-12-6-9-23(39)28(43)35-21(17-19-10-11-19)25(41)27(33)42)36-30(45)34-18-24(40)38-15-13-37(14-16-38)22-8-5-4-7-20(22)32/h4-5,7-8,19,21,23,26H,6,9-18H2,1-3H3,(H2,33,42)(H,35,43)(H2,34,36,45). The first kappa shape index (κ1) is 33.7. The maximum absolute atomic E-state index is 14.1. The average molecular weight is 630 g/mol. The first-order valence-electron chi connectivity index (χ1n) is 15.5. The molecule has 246 valence electrons. The lowest BCUT2D eigenvalue weighted by Crippen LogP contribution is -2.60. The molecule has 0 radical (unpaired) electrons. The van der Waals surface area contributed by atoms with E-state index in [2.05, 4.69) is 16.0 Å². The van der Waals surface area contributed by atoms with E-state index in [9.17, 15) is 33.2 Å². The Morgan fingerprint density at radius 2 is 1.62 bits per heavy atom. The molecule has 1 saturated carbocycles. The first-order valence-corrected chi connectivity index (χ1v) is 15.5. The number of rotatable bonds is 11. The fourth-order valence-corrected chi connectivity index (χ4v) is 5.83. The minimum atomic E-state index is -1.12. The van der Waals surface area contributed by atoms with Gasteiger partial charge >= 0.3 is 6.03 Å². The Labute approximate surface area is 262 Å². The number of nitrogens with zero attached hydrogens (tertiary/aromatic N) is 3. The Morgan fingerprint density at radius 3 is 2.22 bits per heavy atom. The van der Waals surface area contributed by atoms with Crippen LogP contribution in [0.4, 0.5) is 14.9 Å². The van der Waals surface area contributed by atoms with Crippen LogP contribution in [0.3, 0.4) is 0 Å². The number of carbonyl (C=O) groups excluding carboxylic acids is 6. The van der Waals surface area contributed by atoms with Crippen LogP contribution < -0.4 is 26.6 Å². The summed E-state index contributed by atoms with van der Waals surface area (Å²) in [7, 11) is 0. The van der Waals surface area contributed by atoms with E-state index in [1.165, 1.54) is 11.0 Å². The van der Waals surface area contributed by atoms with Crippen LogP contribution >= 0.6 is 0 Å². The lowest BCUT2D eigenvalue weighted by Gasteiger charge is -2.36. The molecule has 0 bridgehead atoms. The minimum absolute atomic E-state index is 0.239. The van der Waals surface area contributed by atoms with Crippen molar-refractivity contribution < 1.29 is 33.2 Å². The molecular formula is C31H44FN7O6. The number of anilines is 1. The summed E-state index contributed by atoms with van der Waals surface area (Å²) in [5.74, 6) is -3.38. The van der Waals surface area contributed by atoms with Crippen LogP contribution in [0, 0.1) is 17.2 Å². The van der Waals surface area contributed by atoms with Gasteiger partial charge in [0.05, 0.1) is 18.3 Å². The molecule has 4 rings (SSSR count). The number of halogens is 1. The smallest absolute Gasteiger partial charge is 0.315 e. The Kier molecular flexibility index (Phi) is 10.7. The first-order chi connectivity index (χ1) is 21.3. The van der Waals surface area contributed by atoms with Gasteiger partial charge in [0.1, 0.15) is 17.9 Å². The van der Waals surface area contributed by atoms with E-state index >= 15 is 0 Å². The van der Waals surface area contributed by atoms with Crippen molar-refractivity contribution in [3.8, 4) is 0 Å². The molecule has 3 unspecified atom stereocenters. The molecule has 0 spiro atoms. The second-order valence-corrected chi connectivity index (χ2v) is 13.1. The number of piperazine rings is 1. The number of likely N-dealkylation sites (tertiary alicyclic amines) is 1. The van der Waals surface area contributed by atoms with Gasteiger partial charge in [0.2, 0.25) is 23.5 Å². The summed E-state index contributed by atoms with van der Waals surface area (Å²) in [4.78, 5) is 81.6. The van der Waals surface area contributed by atoms with Gasteiger partial charge in [-0.2, -0.15) is 0 Å². The van der Waals surface area contributed by atoms with Crippen LogP contribution in [0.15, 0.2) is 24.3 Å². The van der Waals surface area contributed by atoms with Crippen LogP contribution in [0.25, 0.3) is 0 Å². The van der Waals surface area contributed by atoms with Crippen LogP contribution in [-0.2, 0) is 24.0 Å². The Hall–Kier alpha value is -4.23. The van der Waals surface area contributed by atoms with Crippen molar-refractivity contribution in [1.82, 2.24) is 25.8 Å². The third-order valence-corrected chi connectivity index (χ3v) is 8.59. The van der Waals surface area contributed by atoms with E-state index in [4.69, 9.17) is 5.73 Å². The van der Waals surface area contributed by atoms with Crippen molar-refractivity contribution in [1.29, 1.82) is 0 Å². The maximum Gasteiger partial charge on any atom is 0.315 e. The van der Waals surface area contributed by atoms with E-state index in [1.54, 1.807) is 43.9 Å². The highest BCUT2D eigenvalue weighted by Gasteiger charge is 2.43. The zero-order chi connectivity index (χ0) is 32.9. The number of urea groups is 1. The van der Waals surface area contributed by atoms with Gasteiger partial charge in [-0.15, -0.1) is 0 Å². The number of hydrogen-bond acceptors (Lipinski definition) is 7. The highest BCUT2D eigenvalue weighted by atomic mass is 19.1. The summed E-state index contributed by atoms with van der Waals surface area (Å²) >= 11 is 0. The van der Waals surface area contributed by atoms with Crippen LogP contribution in [0.5, 0.6) is 0 Å². The van der Waals surface area contributed by atoms with E-state index in [0.29, 0.717) is 51.1 Å². The van der Waals surface area contributed by atoms with Crippen molar-refractivity contribution in [3.05, 3.63) is 30.1 Å². The Balaban J connectivity index is 1.31. The largest absolute Gasteiger partial charge is 0.366 e. The molecule has 2 heterocycles. The third-order valence-electron chi connectivity index (χ3n) is 8.59. The van der Waals surface area contributed by atoms with Crippen molar-refractivity contribution >= 4 is 41.1 Å². The molecule has 3 aliphatic rings. The van der Waals surface area contributed by atoms with Gasteiger partial charge < -0.3 is 36.4 Å². The second kappa shape index (κ2) is 14.2. The van der Waals surface area contributed by atoms with E-state index in [1.807, 2.05) is 4.90 Å². The zero-order valence-corrected chi connectivity index (χ0v) is 26.1. The monoisotopic (exact) mass is 629 g/mol. The summed E-state index contributed by atoms with van der Waals surface area (Å²) in [6.07, 6.45) is 3.04. The lowest BCUT2D eigenvalue weighted by atomic mass is 9.85. The SMILES string of the molecule is CC(C)(C)C(NC(=O)NCC(=O)N1CCN(c2ccccc2F)CC1)C(=O)N1CCCC1C(=O)NC(CC1CC1)C(=O)C(N)=O. The van der Waals surface area contributed by atoms with Gasteiger partial charge in [-0.3, -0.25) is 24.0 Å². The van der Waals surface area contributed by atoms with Gasteiger partial charge in [0, 0.05) is 32.7 Å². The maximum atomic E-state index is 14.1. The van der Waals surface area contributed by atoms with Crippen molar-refractivity contribution in [2.24, 2.45) is 17.1 Å². The van der Waals surface area contributed by atoms with E-state index in [0.717, 1.165) is 12.8 Å². The molecule has 2 aliphatic heterocycles. The molecular weight excluding hydrogens is 585 g/mol. The molecule has 3 atom stereocenters. The van der Waals surface area contributed by atoms with Crippen molar-refractivity contribution in [2.45, 2.75) is 71.0 Å². The number of nitrogens with one attached hydrogen (secondary N) is 3. The number of Topliss-reactive ketones (excluding diaryl/α,β-unsaturated/α-hetero) is 1. The van der Waals surface area contributed by atoms with Gasteiger partial charge in [0.25, 0.3) is 5.91 Å².